The predicted octanol–water partition coefficient (Wildman–Crippen LogP) is 2.00. The van der Waals surface area contributed by atoms with Crippen molar-refractivity contribution in [3.8, 4) is 0 Å². The number of benzene rings is 1. The monoisotopic (exact) mass is 292 g/mol. The fraction of sp³-hybridized carbons (Fsp3) is 0.467. The van der Waals surface area contributed by atoms with E-state index in [1.54, 1.807) is 24.3 Å². The van der Waals surface area contributed by atoms with Gasteiger partial charge in [-0.15, -0.1) is 0 Å². The minimum atomic E-state index is -0.933. The summed E-state index contributed by atoms with van der Waals surface area (Å²) in [5.41, 5.74) is 1.09. The van der Waals surface area contributed by atoms with E-state index in [4.69, 9.17) is 9.84 Å². The van der Waals surface area contributed by atoms with Gasteiger partial charge in [-0.05, 0) is 31.4 Å². The van der Waals surface area contributed by atoms with Crippen LogP contribution in [0.3, 0.4) is 0 Å². The molecular formula is C15H20N2O4. The molecule has 0 aromatic heterocycles. The smallest absolute Gasteiger partial charge is 0.319 e. The number of para-hydroxylation sites is 1. The van der Waals surface area contributed by atoms with Crippen LogP contribution in [0.15, 0.2) is 24.3 Å². The number of urea groups is 1. The Morgan fingerprint density at radius 2 is 2.19 bits per heavy atom. The summed E-state index contributed by atoms with van der Waals surface area (Å²) in [6.07, 6.45) is 1.87. The second-order valence-electron chi connectivity index (χ2n) is 5.17. The molecule has 6 heteroatoms. The quantitative estimate of drug-likeness (QED) is 0.774. The van der Waals surface area contributed by atoms with Gasteiger partial charge in [0.2, 0.25) is 0 Å². The van der Waals surface area contributed by atoms with Crippen LogP contribution in [-0.4, -0.2) is 35.9 Å². The number of carbonyl (C=O) groups is 2. The first-order valence-electron chi connectivity index (χ1n) is 7.05. The minimum absolute atomic E-state index is 0.0463. The Balaban J connectivity index is 1.94. The number of aliphatic carboxylic acids is 1. The Morgan fingerprint density at radius 3 is 2.86 bits per heavy atom. The standard InChI is InChI=1S/C15H20N2O4/c1-10(13-7-4-8-21-13)16-15(20)17-12-6-3-2-5-11(12)9-14(18)19/h2-3,5-6,10,13H,4,7-9H2,1H3,(H,18,19)(H2,16,17,20). The van der Waals surface area contributed by atoms with Crippen molar-refractivity contribution in [1.82, 2.24) is 5.32 Å². The lowest BCUT2D eigenvalue weighted by atomic mass is 10.1. The van der Waals surface area contributed by atoms with Gasteiger partial charge in [0.15, 0.2) is 0 Å². The summed E-state index contributed by atoms with van der Waals surface area (Å²) < 4.78 is 5.52. The molecule has 6 nitrogen and oxygen atoms in total. The molecule has 1 aliphatic rings. The molecule has 2 unspecified atom stereocenters. The second-order valence-corrected chi connectivity index (χ2v) is 5.17. The molecule has 1 saturated heterocycles. The number of ether oxygens (including phenoxy) is 1. The van der Waals surface area contributed by atoms with Crippen LogP contribution in [0.4, 0.5) is 10.5 Å². The van der Waals surface area contributed by atoms with Crippen molar-refractivity contribution in [2.24, 2.45) is 0 Å². The summed E-state index contributed by atoms with van der Waals surface area (Å²) in [4.78, 5) is 22.8. The zero-order valence-electron chi connectivity index (χ0n) is 12.0. The van der Waals surface area contributed by atoms with Crippen LogP contribution < -0.4 is 10.6 Å². The molecule has 0 bridgehead atoms. The van der Waals surface area contributed by atoms with Crippen LogP contribution in [-0.2, 0) is 16.0 Å². The van der Waals surface area contributed by atoms with Gasteiger partial charge in [0.05, 0.1) is 18.6 Å². The Labute approximate surface area is 123 Å². The summed E-state index contributed by atoms with van der Waals surface area (Å²) >= 11 is 0. The van der Waals surface area contributed by atoms with Crippen LogP contribution in [0.5, 0.6) is 0 Å². The van der Waals surface area contributed by atoms with Gasteiger partial charge in [-0.25, -0.2) is 4.79 Å². The Kier molecular flexibility index (Phi) is 5.16. The topological polar surface area (TPSA) is 87.7 Å². The summed E-state index contributed by atoms with van der Waals surface area (Å²) in [6.45, 7) is 2.64. The van der Waals surface area contributed by atoms with Gasteiger partial charge in [-0.2, -0.15) is 0 Å². The molecule has 0 radical (unpaired) electrons. The molecule has 21 heavy (non-hydrogen) atoms. The molecule has 3 N–H and O–H groups in total. The van der Waals surface area contributed by atoms with Gasteiger partial charge < -0.3 is 20.5 Å². The van der Waals surface area contributed by atoms with Gasteiger partial charge >= 0.3 is 12.0 Å². The van der Waals surface area contributed by atoms with Gasteiger partial charge in [-0.3, -0.25) is 4.79 Å². The molecule has 1 aliphatic heterocycles. The van der Waals surface area contributed by atoms with Crippen molar-refractivity contribution in [2.75, 3.05) is 11.9 Å². The van der Waals surface area contributed by atoms with E-state index in [1.165, 1.54) is 0 Å². The van der Waals surface area contributed by atoms with Gasteiger partial charge in [-0.1, -0.05) is 18.2 Å². The van der Waals surface area contributed by atoms with Crippen LogP contribution in [0.1, 0.15) is 25.3 Å². The molecule has 0 spiro atoms. The van der Waals surface area contributed by atoms with Gasteiger partial charge in [0.1, 0.15) is 0 Å². The number of hydrogen-bond donors (Lipinski definition) is 3. The van der Waals surface area contributed by atoms with Crippen LogP contribution in [0, 0.1) is 0 Å². The SMILES string of the molecule is CC(NC(=O)Nc1ccccc1CC(=O)O)C1CCCO1. The first-order chi connectivity index (χ1) is 10.1. The number of carbonyl (C=O) groups excluding carboxylic acids is 1. The van der Waals surface area contributed by atoms with Crippen molar-refractivity contribution >= 4 is 17.7 Å². The number of carboxylic acids is 1. The molecule has 114 valence electrons. The number of nitrogens with one attached hydrogen (secondary N) is 2. The van der Waals surface area contributed by atoms with E-state index in [-0.39, 0.29) is 24.6 Å². The number of anilines is 1. The van der Waals surface area contributed by atoms with Crippen LogP contribution in [0.25, 0.3) is 0 Å². The first-order valence-corrected chi connectivity index (χ1v) is 7.05. The lowest BCUT2D eigenvalue weighted by Crippen LogP contribution is -2.43. The van der Waals surface area contributed by atoms with E-state index in [1.807, 2.05) is 6.92 Å². The van der Waals surface area contributed by atoms with Crippen molar-refractivity contribution < 1.29 is 19.4 Å². The van der Waals surface area contributed by atoms with E-state index in [9.17, 15) is 9.59 Å². The summed E-state index contributed by atoms with van der Waals surface area (Å²) in [5, 5.41) is 14.4. The van der Waals surface area contributed by atoms with E-state index in [2.05, 4.69) is 10.6 Å². The second kappa shape index (κ2) is 7.08. The Hall–Kier alpha value is -2.08. The van der Waals surface area contributed by atoms with Gasteiger partial charge in [0, 0.05) is 12.3 Å². The average molecular weight is 292 g/mol. The lowest BCUT2D eigenvalue weighted by molar-refractivity contribution is -0.136. The molecular weight excluding hydrogens is 272 g/mol. The highest BCUT2D eigenvalue weighted by Gasteiger charge is 2.23. The molecule has 0 saturated carbocycles. The number of amides is 2. The third-order valence-corrected chi connectivity index (χ3v) is 3.49. The number of hydrogen-bond acceptors (Lipinski definition) is 3. The van der Waals surface area contributed by atoms with E-state index < -0.39 is 5.97 Å². The van der Waals surface area contributed by atoms with Crippen molar-refractivity contribution in [3.05, 3.63) is 29.8 Å². The van der Waals surface area contributed by atoms with E-state index >= 15 is 0 Å². The Bertz CT molecular complexity index is 512. The molecule has 0 aliphatic carbocycles. The molecule has 1 aromatic carbocycles. The number of carboxylic acid groups (broad SMARTS) is 1. The third-order valence-electron chi connectivity index (χ3n) is 3.49. The summed E-state index contributed by atoms with van der Waals surface area (Å²) in [5.74, 6) is -0.933. The zero-order chi connectivity index (χ0) is 15.2. The van der Waals surface area contributed by atoms with Crippen molar-refractivity contribution in [2.45, 2.75) is 38.3 Å². The minimum Gasteiger partial charge on any atom is -0.481 e. The average Bonchev–Trinajstić information content (AvgIpc) is 2.94. The lowest BCUT2D eigenvalue weighted by Gasteiger charge is -2.20. The zero-order valence-corrected chi connectivity index (χ0v) is 12.0. The van der Waals surface area contributed by atoms with Crippen LogP contribution >= 0.6 is 0 Å². The maximum atomic E-state index is 12.0. The predicted molar refractivity (Wildman–Crippen MR) is 78.4 cm³/mol. The maximum Gasteiger partial charge on any atom is 0.319 e. The van der Waals surface area contributed by atoms with E-state index in [0.29, 0.717) is 11.3 Å². The molecule has 2 rings (SSSR count). The fourth-order valence-corrected chi connectivity index (χ4v) is 2.41. The van der Waals surface area contributed by atoms with Crippen molar-refractivity contribution in [3.63, 3.8) is 0 Å². The molecule has 1 heterocycles. The molecule has 1 aromatic rings. The fourth-order valence-electron chi connectivity index (χ4n) is 2.41. The largest absolute Gasteiger partial charge is 0.481 e. The van der Waals surface area contributed by atoms with E-state index in [0.717, 1.165) is 19.4 Å². The highest BCUT2D eigenvalue weighted by Crippen LogP contribution is 2.17. The highest BCUT2D eigenvalue weighted by atomic mass is 16.5. The Morgan fingerprint density at radius 1 is 1.43 bits per heavy atom. The summed E-state index contributed by atoms with van der Waals surface area (Å²) in [6, 6.07) is 6.44. The van der Waals surface area contributed by atoms with Crippen molar-refractivity contribution in [1.29, 1.82) is 0 Å². The maximum absolute atomic E-state index is 12.0. The van der Waals surface area contributed by atoms with Gasteiger partial charge in [0.25, 0.3) is 0 Å². The third kappa shape index (κ3) is 4.46. The normalized spacial score (nSPS) is 19.0. The highest BCUT2D eigenvalue weighted by molar-refractivity contribution is 5.91. The summed E-state index contributed by atoms with van der Waals surface area (Å²) in [7, 11) is 0. The number of rotatable bonds is 5. The van der Waals surface area contributed by atoms with Crippen LogP contribution in [0.2, 0.25) is 0 Å². The molecule has 2 atom stereocenters. The molecule has 1 fully saturated rings. The first kappa shape index (κ1) is 15.3. The molecule has 2 amide bonds.